The summed E-state index contributed by atoms with van der Waals surface area (Å²) >= 11 is 5.86. The number of aryl methyl sites for hydroxylation is 2. The van der Waals surface area contributed by atoms with Gasteiger partial charge in [0.25, 0.3) is 0 Å². The van der Waals surface area contributed by atoms with Gasteiger partial charge in [0.1, 0.15) is 17.9 Å². The Morgan fingerprint density at radius 3 is 2.73 bits per heavy atom. The molecule has 3 rings (SSSR count). The van der Waals surface area contributed by atoms with Crippen molar-refractivity contribution < 1.29 is 18.7 Å². The van der Waals surface area contributed by atoms with Gasteiger partial charge >= 0.3 is 11.6 Å². The zero-order chi connectivity index (χ0) is 18.7. The minimum Gasteiger partial charge on any atom is -0.482 e. The van der Waals surface area contributed by atoms with Crippen molar-refractivity contribution in [3.63, 3.8) is 0 Å². The molecule has 0 spiro atoms. The summed E-state index contributed by atoms with van der Waals surface area (Å²) in [6, 6.07) is 11.9. The minimum atomic E-state index is -0.546. The number of ether oxygens (including phenoxy) is 2. The first-order valence-electron chi connectivity index (χ1n) is 8.01. The lowest BCUT2D eigenvalue weighted by atomic mass is 10.0. The SMILES string of the molecule is Cc1ccc2c(COC(=O)COc3cccc(Cl)c3)cc(=O)oc2c1C. The molecule has 0 radical (unpaired) electrons. The fourth-order valence-corrected chi connectivity index (χ4v) is 2.72. The Labute approximate surface area is 155 Å². The summed E-state index contributed by atoms with van der Waals surface area (Å²) in [5, 5.41) is 1.26. The predicted molar refractivity (Wildman–Crippen MR) is 98.7 cm³/mol. The van der Waals surface area contributed by atoms with Crippen LogP contribution in [0.3, 0.4) is 0 Å². The molecule has 0 N–H and O–H groups in total. The van der Waals surface area contributed by atoms with E-state index >= 15 is 0 Å². The zero-order valence-corrected chi connectivity index (χ0v) is 15.1. The van der Waals surface area contributed by atoms with Crippen molar-refractivity contribution in [2.24, 2.45) is 0 Å². The topological polar surface area (TPSA) is 65.7 Å². The highest BCUT2D eigenvalue weighted by Crippen LogP contribution is 2.23. The van der Waals surface area contributed by atoms with Crippen LogP contribution >= 0.6 is 11.6 Å². The van der Waals surface area contributed by atoms with Gasteiger partial charge in [-0.2, -0.15) is 0 Å². The minimum absolute atomic E-state index is 0.0393. The monoisotopic (exact) mass is 372 g/mol. The molecule has 0 amide bonds. The van der Waals surface area contributed by atoms with Gasteiger partial charge in [0.2, 0.25) is 0 Å². The Bertz CT molecular complexity index is 1020. The van der Waals surface area contributed by atoms with E-state index in [0.29, 0.717) is 21.9 Å². The second kappa shape index (κ2) is 7.62. The average molecular weight is 373 g/mol. The van der Waals surface area contributed by atoms with Crippen molar-refractivity contribution in [2.45, 2.75) is 20.5 Å². The molecule has 1 aromatic heterocycles. The van der Waals surface area contributed by atoms with Crippen molar-refractivity contribution in [1.82, 2.24) is 0 Å². The molecule has 3 aromatic rings. The van der Waals surface area contributed by atoms with Gasteiger partial charge in [0.05, 0.1) is 0 Å². The van der Waals surface area contributed by atoms with Gasteiger partial charge in [0, 0.05) is 22.0 Å². The second-order valence-electron chi connectivity index (χ2n) is 5.88. The van der Waals surface area contributed by atoms with Gasteiger partial charge in [0.15, 0.2) is 6.61 Å². The van der Waals surface area contributed by atoms with Crippen LogP contribution in [0.25, 0.3) is 11.0 Å². The fraction of sp³-hybridized carbons (Fsp3) is 0.200. The first-order valence-corrected chi connectivity index (χ1v) is 8.39. The highest BCUT2D eigenvalue weighted by molar-refractivity contribution is 6.30. The molecule has 0 aliphatic rings. The molecular weight excluding hydrogens is 356 g/mol. The molecule has 0 fully saturated rings. The van der Waals surface area contributed by atoms with Gasteiger partial charge in [-0.05, 0) is 43.2 Å². The number of hydrogen-bond donors (Lipinski definition) is 0. The summed E-state index contributed by atoms with van der Waals surface area (Å²) < 4.78 is 15.9. The van der Waals surface area contributed by atoms with E-state index in [4.69, 9.17) is 25.5 Å². The Morgan fingerprint density at radius 1 is 1.15 bits per heavy atom. The third-order valence-corrected chi connectivity index (χ3v) is 4.29. The Hall–Kier alpha value is -2.79. The van der Waals surface area contributed by atoms with Crippen LogP contribution in [0.5, 0.6) is 5.75 Å². The van der Waals surface area contributed by atoms with E-state index in [0.717, 1.165) is 16.5 Å². The highest BCUT2D eigenvalue weighted by atomic mass is 35.5. The van der Waals surface area contributed by atoms with Gasteiger partial charge in [-0.25, -0.2) is 9.59 Å². The molecule has 5 nitrogen and oxygen atoms in total. The molecule has 2 aromatic carbocycles. The summed E-state index contributed by atoms with van der Waals surface area (Å²) in [4.78, 5) is 23.7. The van der Waals surface area contributed by atoms with Crippen molar-refractivity contribution in [3.8, 4) is 5.75 Å². The molecule has 134 valence electrons. The predicted octanol–water partition coefficient (Wildman–Crippen LogP) is 4.19. The summed E-state index contributed by atoms with van der Waals surface area (Å²) in [6.07, 6.45) is 0. The van der Waals surface area contributed by atoms with Crippen LogP contribution in [0.15, 0.2) is 51.7 Å². The first-order chi connectivity index (χ1) is 12.4. The second-order valence-corrected chi connectivity index (χ2v) is 6.32. The van der Waals surface area contributed by atoms with E-state index < -0.39 is 11.6 Å². The first kappa shape index (κ1) is 18.0. The maximum Gasteiger partial charge on any atom is 0.344 e. The molecule has 0 atom stereocenters. The molecule has 1 heterocycles. The summed E-state index contributed by atoms with van der Waals surface area (Å²) in [5.41, 5.74) is 2.53. The van der Waals surface area contributed by atoms with Gasteiger partial charge < -0.3 is 13.9 Å². The third-order valence-electron chi connectivity index (χ3n) is 4.06. The van der Waals surface area contributed by atoms with E-state index in [1.54, 1.807) is 24.3 Å². The van der Waals surface area contributed by atoms with Gasteiger partial charge in [-0.15, -0.1) is 0 Å². The molecule has 0 saturated carbocycles. The summed E-state index contributed by atoms with van der Waals surface area (Å²) in [5.74, 6) is -0.0680. The smallest absolute Gasteiger partial charge is 0.344 e. The van der Waals surface area contributed by atoms with Crippen molar-refractivity contribution in [1.29, 1.82) is 0 Å². The molecule has 0 aliphatic heterocycles. The Balaban J connectivity index is 1.70. The zero-order valence-electron chi connectivity index (χ0n) is 14.4. The number of hydrogen-bond acceptors (Lipinski definition) is 5. The molecule has 0 saturated heterocycles. The number of carbonyl (C=O) groups is 1. The Kier molecular flexibility index (Phi) is 5.28. The Morgan fingerprint density at radius 2 is 1.96 bits per heavy atom. The van der Waals surface area contributed by atoms with E-state index in [1.165, 1.54) is 6.07 Å². The molecule has 0 unspecified atom stereocenters. The summed E-state index contributed by atoms with van der Waals surface area (Å²) in [7, 11) is 0. The van der Waals surface area contributed by atoms with E-state index in [1.807, 2.05) is 26.0 Å². The lowest BCUT2D eigenvalue weighted by molar-refractivity contribution is -0.147. The molecule has 26 heavy (non-hydrogen) atoms. The van der Waals surface area contributed by atoms with E-state index in [2.05, 4.69) is 0 Å². The highest BCUT2D eigenvalue weighted by Gasteiger charge is 2.12. The van der Waals surface area contributed by atoms with Crippen LogP contribution in [-0.4, -0.2) is 12.6 Å². The van der Waals surface area contributed by atoms with Gasteiger partial charge in [-0.1, -0.05) is 29.8 Å². The van der Waals surface area contributed by atoms with Crippen LogP contribution in [0.1, 0.15) is 16.7 Å². The summed E-state index contributed by atoms with van der Waals surface area (Å²) in [6.45, 7) is 3.53. The number of benzene rings is 2. The molecule has 6 heteroatoms. The lowest BCUT2D eigenvalue weighted by Gasteiger charge is -2.10. The van der Waals surface area contributed by atoms with Crippen molar-refractivity contribution in [3.05, 3.63) is 74.6 Å². The molecule has 0 aliphatic carbocycles. The number of carbonyl (C=O) groups excluding carboxylic acids is 1. The normalized spacial score (nSPS) is 10.7. The lowest BCUT2D eigenvalue weighted by Crippen LogP contribution is -2.15. The van der Waals surface area contributed by atoms with Crippen molar-refractivity contribution in [2.75, 3.05) is 6.61 Å². The van der Waals surface area contributed by atoms with Gasteiger partial charge in [-0.3, -0.25) is 0 Å². The number of esters is 1. The average Bonchev–Trinajstić information content (AvgIpc) is 2.61. The van der Waals surface area contributed by atoms with Crippen LogP contribution in [0.2, 0.25) is 5.02 Å². The molecular formula is C20H17ClO5. The van der Waals surface area contributed by atoms with E-state index in [9.17, 15) is 9.59 Å². The van der Waals surface area contributed by atoms with Crippen LogP contribution < -0.4 is 10.4 Å². The van der Waals surface area contributed by atoms with Crippen LogP contribution in [-0.2, 0) is 16.1 Å². The van der Waals surface area contributed by atoms with E-state index in [-0.39, 0.29) is 13.2 Å². The van der Waals surface area contributed by atoms with Crippen molar-refractivity contribution >= 4 is 28.5 Å². The molecule has 0 bridgehead atoms. The standard InChI is InChI=1S/C20H17ClO5/c1-12-6-7-17-14(8-18(22)26-20(17)13(12)2)10-25-19(23)11-24-16-5-3-4-15(21)9-16/h3-9H,10-11H2,1-2H3. The van der Waals surface area contributed by atoms with Crippen LogP contribution in [0.4, 0.5) is 0 Å². The largest absolute Gasteiger partial charge is 0.482 e. The fourth-order valence-electron chi connectivity index (χ4n) is 2.54. The number of fused-ring (bicyclic) bond motifs is 1. The maximum atomic E-state index is 11.9. The third kappa shape index (κ3) is 4.06. The quantitative estimate of drug-likeness (QED) is 0.496. The maximum absolute atomic E-state index is 11.9. The van der Waals surface area contributed by atoms with Crippen LogP contribution in [0, 0.1) is 13.8 Å². The number of halogens is 1. The number of rotatable bonds is 5.